The average Bonchev–Trinajstić information content (AvgIpc) is 2.91. The topological polar surface area (TPSA) is 39.2 Å². The van der Waals surface area contributed by atoms with Gasteiger partial charge in [-0.25, -0.2) is 0 Å². The summed E-state index contributed by atoms with van der Waals surface area (Å²) < 4.78 is 5.56. The molecular formula is C33H42ClNO2. The van der Waals surface area contributed by atoms with E-state index in [1.165, 1.54) is 31.2 Å². The summed E-state index contributed by atoms with van der Waals surface area (Å²) in [6, 6.07) is 20.3. The van der Waals surface area contributed by atoms with Crippen LogP contribution < -0.4 is 4.74 Å². The highest BCUT2D eigenvalue weighted by Gasteiger charge is 2.24. The fourth-order valence-electron chi connectivity index (χ4n) is 4.45. The summed E-state index contributed by atoms with van der Waals surface area (Å²) in [6.45, 7) is 8.67. The van der Waals surface area contributed by atoms with Gasteiger partial charge in [0.15, 0.2) is 0 Å². The molecule has 0 saturated heterocycles. The molecule has 0 saturated carbocycles. The number of hydrogen-bond acceptors (Lipinski definition) is 3. The number of esters is 1. The maximum atomic E-state index is 12.5. The van der Waals surface area contributed by atoms with Crippen LogP contribution in [0.25, 0.3) is 22.4 Å². The summed E-state index contributed by atoms with van der Waals surface area (Å²) in [5, 5.41) is -0.636. The van der Waals surface area contributed by atoms with E-state index in [4.69, 9.17) is 16.3 Å². The minimum Gasteiger partial charge on any atom is -0.425 e. The second-order valence-electron chi connectivity index (χ2n) is 10.6. The van der Waals surface area contributed by atoms with Crippen LogP contribution in [-0.4, -0.2) is 16.3 Å². The van der Waals surface area contributed by atoms with E-state index >= 15 is 0 Å². The lowest BCUT2D eigenvalue weighted by molar-refractivity contribution is -0.134. The van der Waals surface area contributed by atoms with Gasteiger partial charge in [-0.3, -0.25) is 9.78 Å². The third-order valence-electron chi connectivity index (χ3n) is 6.90. The second kappa shape index (κ2) is 14.9. The predicted octanol–water partition coefficient (Wildman–Crippen LogP) is 9.51. The molecule has 0 radical (unpaired) electrons. The Morgan fingerprint density at radius 3 is 2.05 bits per heavy atom. The zero-order valence-corrected chi connectivity index (χ0v) is 23.6. The number of carbonyl (C=O) groups is 1. The molecule has 1 heterocycles. The van der Waals surface area contributed by atoms with Crippen LogP contribution in [0.2, 0.25) is 0 Å². The SMILES string of the molecule is CCCCCCc1ccc(-c2ccc(-c3ccc(OC(=O)C(Cl)C(C)CCCC(C)C)cc3)cc2)nc1. The maximum absolute atomic E-state index is 12.5. The zero-order chi connectivity index (χ0) is 26.6. The van der Waals surface area contributed by atoms with Crippen molar-refractivity contribution in [3.63, 3.8) is 0 Å². The maximum Gasteiger partial charge on any atom is 0.329 e. The monoisotopic (exact) mass is 519 g/mol. The molecule has 1 aromatic heterocycles. The highest BCUT2D eigenvalue weighted by molar-refractivity contribution is 6.30. The van der Waals surface area contributed by atoms with Gasteiger partial charge in [0.05, 0.1) is 5.69 Å². The summed E-state index contributed by atoms with van der Waals surface area (Å²) in [4.78, 5) is 17.2. The first kappa shape index (κ1) is 28.9. The van der Waals surface area contributed by atoms with Crippen molar-refractivity contribution < 1.29 is 9.53 Å². The van der Waals surface area contributed by atoms with Gasteiger partial charge in [-0.2, -0.15) is 0 Å². The van der Waals surface area contributed by atoms with Crippen LogP contribution >= 0.6 is 11.6 Å². The van der Waals surface area contributed by atoms with Crippen molar-refractivity contribution in [3.05, 3.63) is 72.4 Å². The van der Waals surface area contributed by atoms with E-state index in [1.807, 2.05) is 37.4 Å². The second-order valence-corrected chi connectivity index (χ2v) is 11.1. The summed E-state index contributed by atoms with van der Waals surface area (Å²) in [7, 11) is 0. The van der Waals surface area contributed by atoms with Crippen LogP contribution in [0.5, 0.6) is 5.75 Å². The summed E-state index contributed by atoms with van der Waals surface area (Å²) in [5.74, 6) is 0.887. The van der Waals surface area contributed by atoms with Crippen LogP contribution in [0.3, 0.4) is 0 Å². The molecule has 0 N–H and O–H groups in total. The van der Waals surface area contributed by atoms with Gasteiger partial charge in [0.25, 0.3) is 0 Å². The van der Waals surface area contributed by atoms with Gasteiger partial charge in [-0.15, -0.1) is 11.6 Å². The first-order valence-electron chi connectivity index (χ1n) is 13.9. The number of halogens is 1. The van der Waals surface area contributed by atoms with Crippen LogP contribution in [0.15, 0.2) is 66.9 Å². The van der Waals surface area contributed by atoms with Gasteiger partial charge in [0, 0.05) is 11.8 Å². The van der Waals surface area contributed by atoms with Crippen molar-refractivity contribution in [1.82, 2.24) is 4.98 Å². The van der Waals surface area contributed by atoms with Crippen LogP contribution in [-0.2, 0) is 11.2 Å². The molecule has 198 valence electrons. The fourth-order valence-corrected chi connectivity index (χ4v) is 4.62. The molecule has 2 aromatic carbocycles. The Hall–Kier alpha value is -2.65. The number of carbonyl (C=O) groups excluding carboxylic acids is 1. The molecule has 0 aliphatic carbocycles. The molecule has 0 amide bonds. The number of aromatic nitrogens is 1. The number of alkyl halides is 1. The van der Waals surface area contributed by atoms with E-state index in [0.717, 1.165) is 48.1 Å². The van der Waals surface area contributed by atoms with Crippen LogP contribution in [0, 0.1) is 11.8 Å². The van der Waals surface area contributed by atoms with Gasteiger partial charge in [-0.1, -0.05) is 102 Å². The lowest BCUT2D eigenvalue weighted by atomic mass is 9.97. The Balaban J connectivity index is 1.54. The van der Waals surface area contributed by atoms with Gasteiger partial charge in [-0.05, 0) is 66.0 Å². The van der Waals surface area contributed by atoms with E-state index in [-0.39, 0.29) is 11.9 Å². The molecule has 2 unspecified atom stereocenters. The van der Waals surface area contributed by atoms with Crippen molar-refractivity contribution in [2.75, 3.05) is 0 Å². The number of aryl methyl sites for hydroxylation is 1. The van der Waals surface area contributed by atoms with Crippen molar-refractivity contribution in [2.45, 2.75) is 84.4 Å². The Morgan fingerprint density at radius 1 is 0.811 bits per heavy atom. The van der Waals surface area contributed by atoms with Crippen molar-refractivity contribution in [3.8, 4) is 28.1 Å². The Labute approximate surface area is 228 Å². The number of rotatable bonds is 14. The van der Waals surface area contributed by atoms with Crippen molar-refractivity contribution >= 4 is 17.6 Å². The van der Waals surface area contributed by atoms with Crippen molar-refractivity contribution in [2.24, 2.45) is 11.8 Å². The number of pyridine rings is 1. The number of unbranched alkanes of at least 4 members (excludes halogenated alkanes) is 3. The molecular weight excluding hydrogens is 478 g/mol. The highest BCUT2D eigenvalue weighted by Crippen LogP contribution is 2.27. The van der Waals surface area contributed by atoms with E-state index in [2.05, 4.69) is 62.2 Å². The predicted molar refractivity (Wildman–Crippen MR) is 156 cm³/mol. The summed E-state index contributed by atoms with van der Waals surface area (Å²) in [6.07, 6.45) is 11.3. The van der Waals surface area contributed by atoms with Gasteiger partial charge in [0.2, 0.25) is 0 Å². The molecule has 3 rings (SSSR count). The molecule has 37 heavy (non-hydrogen) atoms. The minimum absolute atomic E-state index is 0.0854. The molecule has 3 nitrogen and oxygen atoms in total. The molecule has 0 aliphatic heterocycles. The number of ether oxygens (including phenoxy) is 1. The van der Waals surface area contributed by atoms with Crippen LogP contribution in [0.4, 0.5) is 0 Å². The van der Waals surface area contributed by atoms with Gasteiger partial charge < -0.3 is 4.74 Å². The third-order valence-corrected chi connectivity index (χ3v) is 7.50. The average molecular weight is 520 g/mol. The van der Waals surface area contributed by atoms with Gasteiger partial charge >= 0.3 is 5.97 Å². The quantitative estimate of drug-likeness (QED) is 0.0920. The van der Waals surface area contributed by atoms with Crippen molar-refractivity contribution in [1.29, 1.82) is 0 Å². The molecule has 0 bridgehead atoms. The zero-order valence-electron chi connectivity index (χ0n) is 22.9. The minimum atomic E-state index is -0.636. The first-order chi connectivity index (χ1) is 17.9. The van der Waals surface area contributed by atoms with E-state index in [9.17, 15) is 4.79 Å². The smallest absolute Gasteiger partial charge is 0.329 e. The highest BCUT2D eigenvalue weighted by atomic mass is 35.5. The molecule has 2 atom stereocenters. The third kappa shape index (κ3) is 9.31. The summed E-state index contributed by atoms with van der Waals surface area (Å²) in [5.41, 5.74) is 5.55. The van der Waals surface area contributed by atoms with E-state index in [1.54, 1.807) is 0 Å². The van der Waals surface area contributed by atoms with E-state index < -0.39 is 5.38 Å². The fraction of sp³-hybridized carbons (Fsp3) is 0.455. The lowest BCUT2D eigenvalue weighted by Gasteiger charge is -2.17. The Kier molecular flexibility index (Phi) is 11.7. The molecule has 0 aliphatic rings. The molecule has 3 aromatic rings. The van der Waals surface area contributed by atoms with E-state index in [0.29, 0.717) is 11.7 Å². The number of nitrogens with zero attached hydrogens (tertiary/aromatic N) is 1. The largest absolute Gasteiger partial charge is 0.425 e. The Bertz CT molecular complexity index is 1070. The molecule has 0 fully saturated rings. The Morgan fingerprint density at radius 2 is 1.46 bits per heavy atom. The molecule has 0 spiro atoms. The first-order valence-corrected chi connectivity index (χ1v) is 14.3. The molecule has 4 heteroatoms. The number of benzene rings is 2. The normalized spacial score (nSPS) is 12.9. The summed E-state index contributed by atoms with van der Waals surface area (Å²) >= 11 is 6.40. The van der Waals surface area contributed by atoms with Crippen LogP contribution in [0.1, 0.15) is 78.2 Å². The lowest BCUT2D eigenvalue weighted by Crippen LogP contribution is -2.27. The standard InChI is InChI=1S/C33H42ClNO2/c1-5-6-7-8-12-26-13-22-31(35-23-26)29-16-14-27(15-17-29)28-18-20-30(21-19-28)37-33(36)32(34)25(4)11-9-10-24(2)3/h13-25,32H,5-12H2,1-4H3. The van der Waals surface area contributed by atoms with Gasteiger partial charge in [0.1, 0.15) is 11.1 Å². The number of hydrogen-bond donors (Lipinski definition) is 0.